The van der Waals surface area contributed by atoms with Gasteiger partial charge in [0, 0.05) is 26.3 Å². The lowest BCUT2D eigenvalue weighted by atomic mass is 10.3. The summed E-state index contributed by atoms with van der Waals surface area (Å²) in [7, 11) is 0. The molecule has 0 bridgehead atoms. The number of halogens is 1. The minimum absolute atomic E-state index is 0.609. The monoisotopic (exact) mass is 285 g/mol. The van der Waals surface area contributed by atoms with Crippen molar-refractivity contribution in [2.24, 2.45) is 5.11 Å². The van der Waals surface area contributed by atoms with Crippen LogP contribution in [0.3, 0.4) is 0 Å². The van der Waals surface area contributed by atoms with Gasteiger partial charge < -0.3 is 4.98 Å². The van der Waals surface area contributed by atoms with E-state index in [0.717, 1.165) is 14.6 Å². The van der Waals surface area contributed by atoms with Crippen molar-refractivity contribution < 1.29 is 0 Å². The standard InChI is InChI=1S/C7H4IN5/c8-4-3-11-7-6(4)5(12-13-9)1-2-10-7/h1-3H,(H,10,11). The third-order valence-electron chi connectivity index (χ3n) is 1.66. The van der Waals surface area contributed by atoms with E-state index in [1.54, 1.807) is 12.3 Å². The van der Waals surface area contributed by atoms with Gasteiger partial charge in [-0.25, -0.2) is 4.98 Å². The number of pyridine rings is 1. The maximum Gasteiger partial charge on any atom is 0.138 e. The highest BCUT2D eigenvalue weighted by Gasteiger charge is 2.05. The first kappa shape index (κ1) is 8.33. The van der Waals surface area contributed by atoms with E-state index in [4.69, 9.17) is 5.53 Å². The normalized spacial score (nSPS) is 9.92. The Labute approximate surface area is 86.9 Å². The minimum Gasteiger partial charge on any atom is -0.345 e. The molecular weight excluding hydrogens is 281 g/mol. The Morgan fingerprint density at radius 2 is 2.46 bits per heavy atom. The highest BCUT2D eigenvalue weighted by atomic mass is 127. The lowest BCUT2D eigenvalue weighted by molar-refractivity contribution is 1.32. The van der Waals surface area contributed by atoms with E-state index < -0.39 is 0 Å². The van der Waals surface area contributed by atoms with Crippen LogP contribution in [0.2, 0.25) is 0 Å². The largest absolute Gasteiger partial charge is 0.345 e. The molecule has 0 aliphatic rings. The smallest absolute Gasteiger partial charge is 0.138 e. The molecule has 0 radical (unpaired) electrons. The molecule has 0 aromatic carbocycles. The summed E-state index contributed by atoms with van der Waals surface area (Å²) in [5.74, 6) is 0. The van der Waals surface area contributed by atoms with E-state index in [0.29, 0.717) is 5.69 Å². The van der Waals surface area contributed by atoms with Gasteiger partial charge in [0.1, 0.15) is 5.65 Å². The number of hydrogen-bond acceptors (Lipinski definition) is 2. The Morgan fingerprint density at radius 1 is 1.62 bits per heavy atom. The van der Waals surface area contributed by atoms with Gasteiger partial charge in [-0.3, -0.25) is 0 Å². The molecule has 0 atom stereocenters. The maximum atomic E-state index is 8.33. The Bertz CT molecular complexity index is 497. The first-order valence-electron chi connectivity index (χ1n) is 3.49. The second-order valence-electron chi connectivity index (χ2n) is 2.38. The molecular formula is C7H4IN5. The molecule has 0 spiro atoms. The number of H-pyrrole nitrogens is 1. The fourth-order valence-electron chi connectivity index (χ4n) is 1.13. The van der Waals surface area contributed by atoms with Gasteiger partial charge in [-0.15, -0.1) is 0 Å². The Hall–Kier alpha value is -1.27. The lowest BCUT2D eigenvalue weighted by Crippen LogP contribution is -1.75. The van der Waals surface area contributed by atoms with E-state index in [1.807, 2.05) is 6.20 Å². The average molecular weight is 285 g/mol. The van der Waals surface area contributed by atoms with Crippen LogP contribution in [0.1, 0.15) is 0 Å². The second-order valence-corrected chi connectivity index (χ2v) is 3.54. The van der Waals surface area contributed by atoms with Crippen molar-refractivity contribution in [2.45, 2.75) is 0 Å². The van der Waals surface area contributed by atoms with Crippen LogP contribution >= 0.6 is 22.6 Å². The molecule has 0 aliphatic carbocycles. The molecule has 2 aromatic rings. The number of fused-ring (bicyclic) bond motifs is 1. The molecule has 5 nitrogen and oxygen atoms in total. The van der Waals surface area contributed by atoms with Crippen molar-refractivity contribution in [2.75, 3.05) is 0 Å². The highest BCUT2D eigenvalue weighted by Crippen LogP contribution is 2.28. The summed E-state index contributed by atoms with van der Waals surface area (Å²) < 4.78 is 1.00. The molecule has 13 heavy (non-hydrogen) atoms. The number of rotatable bonds is 1. The van der Waals surface area contributed by atoms with Gasteiger partial charge in [0.05, 0.1) is 5.69 Å². The molecule has 0 unspecified atom stereocenters. The molecule has 64 valence electrons. The summed E-state index contributed by atoms with van der Waals surface area (Å²) >= 11 is 2.16. The summed E-state index contributed by atoms with van der Waals surface area (Å²) in [6, 6.07) is 1.69. The van der Waals surface area contributed by atoms with Crippen LogP contribution in [0.4, 0.5) is 5.69 Å². The van der Waals surface area contributed by atoms with E-state index >= 15 is 0 Å². The maximum absolute atomic E-state index is 8.33. The molecule has 2 aromatic heterocycles. The fraction of sp³-hybridized carbons (Fsp3) is 0. The number of hydrogen-bond donors (Lipinski definition) is 1. The number of nitrogens with one attached hydrogen (secondary N) is 1. The predicted octanol–water partition coefficient (Wildman–Crippen LogP) is 3.11. The van der Waals surface area contributed by atoms with Gasteiger partial charge in [0.25, 0.3) is 0 Å². The molecule has 1 N–H and O–H groups in total. The van der Waals surface area contributed by atoms with E-state index in [1.165, 1.54) is 0 Å². The van der Waals surface area contributed by atoms with Gasteiger partial charge >= 0.3 is 0 Å². The van der Waals surface area contributed by atoms with Crippen molar-refractivity contribution in [3.63, 3.8) is 0 Å². The lowest BCUT2D eigenvalue weighted by Gasteiger charge is -1.93. The van der Waals surface area contributed by atoms with Crippen LogP contribution < -0.4 is 0 Å². The van der Waals surface area contributed by atoms with Gasteiger partial charge in [0.2, 0.25) is 0 Å². The molecule has 0 fully saturated rings. The van der Waals surface area contributed by atoms with Crippen molar-refractivity contribution in [3.05, 3.63) is 32.5 Å². The van der Waals surface area contributed by atoms with Crippen LogP contribution in [0, 0.1) is 3.57 Å². The van der Waals surface area contributed by atoms with Crippen LogP contribution in [0.5, 0.6) is 0 Å². The number of nitrogens with zero attached hydrogens (tertiary/aromatic N) is 4. The summed E-state index contributed by atoms with van der Waals surface area (Å²) in [6.07, 6.45) is 3.44. The molecule has 6 heteroatoms. The zero-order valence-electron chi connectivity index (χ0n) is 6.40. The topological polar surface area (TPSA) is 77.4 Å². The molecule has 0 aliphatic heterocycles. The Balaban J connectivity index is 2.87. The van der Waals surface area contributed by atoms with Crippen molar-refractivity contribution in [1.29, 1.82) is 0 Å². The summed E-state index contributed by atoms with van der Waals surface area (Å²) in [4.78, 5) is 9.84. The third kappa shape index (κ3) is 1.34. The summed E-state index contributed by atoms with van der Waals surface area (Å²) in [5, 5.41) is 4.46. The van der Waals surface area contributed by atoms with Gasteiger partial charge in [-0.2, -0.15) is 0 Å². The van der Waals surface area contributed by atoms with Crippen molar-refractivity contribution in [3.8, 4) is 0 Å². The average Bonchev–Trinajstić information content (AvgIpc) is 2.50. The first-order chi connectivity index (χ1) is 6.33. The fourth-order valence-corrected chi connectivity index (χ4v) is 1.82. The van der Waals surface area contributed by atoms with E-state index in [-0.39, 0.29) is 0 Å². The van der Waals surface area contributed by atoms with Crippen molar-refractivity contribution >= 4 is 39.3 Å². The highest BCUT2D eigenvalue weighted by molar-refractivity contribution is 14.1. The van der Waals surface area contributed by atoms with Gasteiger partial charge in [-0.05, 0) is 34.2 Å². The van der Waals surface area contributed by atoms with E-state index in [2.05, 4.69) is 42.6 Å². The number of azide groups is 1. The van der Waals surface area contributed by atoms with Crippen LogP contribution in [-0.4, -0.2) is 9.97 Å². The summed E-state index contributed by atoms with van der Waals surface area (Å²) in [6.45, 7) is 0. The van der Waals surface area contributed by atoms with Crippen LogP contribution in [-0.2, 0) is 0 Å². The molecule has 0 saturated heterocycles. The zero-order chi connectivity index (χ0) is 9.26. The quantitative estimate of drug-likeness (QED) is 0.371. The Morgan fingerprint density at radius 3 is 3.23 bits per heavy atom. The number of aromatic amines is 1. The Kier molecular flexibility index (Phi) is 2.07. The summed E-state index contributed by atoms with van der Waals surface area (Å²) in [5.41, 5.74) is 9.69. The molecule has 0 saturated carbocycles. The zero-order valence-corrected chi connectivity index (χ0v) is 8.56. The SMILES string of the molecule is [N-]=[N+]=Nc1ccnc2[nH]cc(I)c12. The van der Waals surface area contributed by atoms with Gasteiger partial charge in [-0.1, -0.05) is 5.11 Å². The van der Waals surface area contributed by atoms with Gasteiger partial charge in [0.15, 0.2) is 0 Å². The molecule has 2 heterocycles. The predicted molar refractivity (Wildman–Crippen MR) is 57.6 cm³/mol. The molecule has 0 amide bonds. The minimum atomic E-state index is 0.609. The first-order valence-corrected chi connectivity index (χ1v) is 4.57. The van der Waals surface area contributed by atoms with Crippen LogP contribution in [0.25, 0.3) is 21.5 Å². The molecule has 2 rings (SSSR count). The van der Waals surface area contributed by atoms with Crippen LogP contribution in [0.15, 0.2) is 23.6 Å². The van der Waals surface area contributed by atoms with Crippen molar-refractivity contribution in [1.82, 2.24) is 9.97 Å². The third-order valence-corrected chi connectivity index (χ3v) is 2.51. The number of aromatic nitrogens is 2. The van der Waals surface area contributed by atoms with E-state index in [9.17, 15) is 0 Å². The second kappa shape index (κ2) is 3.23.